The summed E-state index contributed by atoms with van der Waals surface area (Å²) < 4.78 is 11.8. The lowest BCUT2D eigenvalue weighted by molar-refractivity contribution is -0.136. The summed E-state index contributed by atoms with van der Waals surface area (Å²) in [5.74, 6) is 1.72. The van der Waals surface area contributed by atoms with E-state index in [-0.39, 0.29) is 17.9 Å². The van der Waals surface area contributed by atoms with Gasteiger partial charge in [-0.25, -0.2) is 0 Å². The number of amides is 1. The minimum Gasteiger partial charge on any atom is -0.492 e. The molecule has 2 aliphatic heterocycles. The topological polar surface area (TPSA) is 42.0 Å². The quantitative estimate of drug-likeness (QED) is 0.628. The summed E-state index contributed by atoms with van der Waals surface area (Å²) in [6.45, 7) is 4.32. The SMILES string of the molecule is CN1CCOc2ccccc2CCCCC2(CCN(C(=O)COc3cccc(Cl)c3)CC2)C1. The Bertz CT molecular complexity index is 927. The number of carbonyl (C=O) groups excluding carboxylic acids is 1. The number of ether oxygens (including phenoxy) is 2. The maximum atomic E-state index is 12.8. The molecule has 0 unspecified atom stereocenters. The Morgan fingerprint density at radius 1 is 1.06 bits per heavy atom. The Hall–Kier alpha value is -2.24. The summed E-state index contributed by atoms with van der Waals surface area (Å²) in [4.78, 5) is 17.1. The van der Waals surface area contributed by atoms with Crippen molar-refractivity contribution in [2.45, 2.75) is 38.5 Å². The van der Waals surface area contributed by atoms with Crippen LogP contribution in [0.2, 0.25) is 5.02 Å². The molecule has 2 aromatic rings. The van der Waals surface area contributed by atoms with Crippen LogP contribution in [-0.2, 0) is 11.2 Å². The number of carbonyl (C=O) groups is 1. The zero-order valence-electron chi connectivity index (χ0n) is 19.6. The first-order valence-electron chi connectivity index (χ1n) is 12.1. The van der Waals surface area contributed by atoms with Crippen molar-refractivity contribution in [3.05, 3.63) is 59.1 Å². The van der Waals surface area contributed by atoms with Crippen molar-refractivity contribution in [1.82, 2.24) is 9.80 Å². The van der Waals surface area contributed by atoms with Gasteiger partial charge in [-0.15, -0.1) is 0 Å². The van der Waals surface area contributed by atoms with Gasteiger partial charge in [0.05, 0.1) is 0 Å². The third-order valence-electron chi connectivity index (χ3n) is 7.05. The smallest absolute Gasteiger partial charge is 0.260 e. The standard InChI is InChI=1S/C27H35ClN2O3/c1-29-17-18-32-25-11-3-2-7-22(25)8-4-5-12-27(21-29)13-15-30(16-14-27)26(31)20-33-24-10-6-9-23(28)19-24/h2-3,6-7,9-11,19H,4-5,8,12-18,20-21H2,1H3. The predicted octanol–water partition coefficient (Wildman–Crippen LogP) is 5.06. The summed E-state index contributed by atoms with van der Waals surface area (Å²) in [6, 6.07) is 15.6. The van der Waals surface area contributed by atoms with E-state index in [2.05, 4.69) is 36.2 Å². The summed E-state index contributed by atoms with van der Waals surface area (Å²) in [7, 11) is 2.19. The lowest BCUT2D eigenvalue weighted by Crippen LogP contribution is -2.48. The molecule has 6 heteroatoms. The first-order chi connectivity index (χ1) is 16.0. The summed E-state index contributed by atoms with van der Waals surface area (Å²) >= 11 is 6.01. The second-order valence-corrected chi connectivity index (χ2v) is 9.96. The van der Waals surface area contributed by atoms with Crippen molar-refractivity contribution in [1.29, 1.82) is 0 Å². The molecule has 0 atom stereocenters. The van der Waals surface area contributed by atoms with E-state index in [1.807, 2.05) is 17.0 Å². The number of fused-ring (bicyclic) bond motifs is 1. The maximum absolute atomic E-state index is 12.8. The van der Waals surface area contributed by atoms with E-state index >= 15 is 0 Å². The van der Waals surface area contributed by atoms with E-state index in [0.29, 0.717) is 17.4 Å². The largest absolute Gasteiger partial charge is 0.492 e. The minimum absolute atomic E-state index is 0.0522. The number of likely N-dealkylation sites (tertiary alicyclic amines) is 1. The summed E-state index contributed by atoms with van der Waals surface area (Å²) in [5.41, 5.74) is 1.58. The van der Waals surface area contributed by atoms with Crippen LogP contribution in [0.5, 0.6) is 11.5 Å². The summed E-state index contributed by atoms with van der Waals surface area (Å²) in [6.07, 6.45) is 6.72. The molecule has 0 bridgehead atoms. The summed E-state index contributed by atoms with van der Waals surface area (Å²) in [5, 5.41) is 0.611. The fourth-order valence-corrected chi connectivity index (χ4v) is 5.32. The Morgan fingerprint density at radius 3 is 2.70 bits per heavy atom. The van der Waals surface area contributed by atoms with Crippen molar-refractivity contribution in [2.75, 3.05) is 46.4 Å². The van der Waals surface area contributed by atoms with Crippen LogP contribution in [0.3, 0.4) is 0 Å². The van der Waals surface area contributed by atoms with Gasteiger partial charge in [0.2, 0.25) is 0 Å². The number of rotatable bonds is 3. The highest BCUT2D eigenvalue weighted by molar-refractivity contribution is 6.30. The van der Waals surface area contributed by atoms with E-state index in [4.69, 9.17) is 21.1 Å². The molecule has 5 nitrogen and oxygen atoms in total. The van der Waals surface area contributed by atoms with Gasteiger partial charge in [0.25, 0.3) is 5.91 Å². The molecule has 1 amide bonds. The fourth-order valence-electron chi connectivity index (χ4n) is 5.14. The molecule has 0 aliphatic carbocycles. The first-order valence-corrected chi connectivity index (χ1v) is 12.5. The van der Waals surface area contributed by atoms with Gasteiger partial charge in [0.15, 0.2) is 6.61 Å². The monoisotopic (exact) mass is 470 g/mol. The van der Waals surface area contributed by atoms with Gasteiger partial charge in [0.1, 0.15) is 18.1 Å². The zero-order valence-corrected chi connectivity index (χ0v) is 20.4. The Balaban J connectivity index is 1.32. The van der Waals surface area contributed by atoms with Gasteiger partial charge in [0, 0.05) is 31.2 Å². The van der Waals surface area contributed by atoms with Crippen molar-refractivity contribution >= 4 is 17.5 Å². The van der Waals surface area contributed by atoms with Crippen molar-refractivity contribution in [2.24, 2.45) is 5.41 Å². The van der Waals surface area contributed by atoms with Crippen LogP contribution in [0.1, 0.15) is 37.7 Å². The van der Waals surface area contributed by atoms with Gasteiger partial charge >= 0.3 is 0 Å². The number of benzene rings is 2. The number of aryl methyl sites for hydroxylation is 1. The normalized spacial score (nSPS) is 19.6. The average molecular weight is 471 g/mol. The molecule has 33 heavy (non-hydrogen) atoms. The van der Waals surface area contributed by atoms with Crippen LogP contribution in [0, 0.1) is 5.41 Å². The van der Waals surface area contributed by atoms with Crippen molar-refractivity contribution in [3.8, 4) is 11.5 Å². The van der Waals surface area contributed by atoms with Crippen LogP contribution in [0.25, 0.3) is 0 Å². The first kappa shape index (κ1) is 23.9. The van der Waals surface area contributed by atoms with Crippen LogP contribution >= 0.6 is 11.6 Å². The molecular formula is C27H35ClN2O3. The van der Waals surface area contributed by atoms with Gasteiger partial charge in [-0.2, -0.15) is 0 Å². The number of para-hydroxylation sites is 1. The maximum Gasteiger partial charge on any atom is 0.260 e. The number of halogens is 1. The molecule has 1 saturated heterocycles. The molecule has 0 saturated carbocycles. The van der Waals surface area contributed by atoms with E-state index in [1.165, 1.54) is 24.8 Å². The zero-order chi connectivity index (χ0) is 23.1. The highest BCUT2D eigenvalue weighted by Crippen LogP contribution is 2.38. The number of hydrogen-bond donors (Lipinski definition) is 0. The van der Waals surface area contributed by atoms with Gasteiger partial charge in [-0.05, 0) is 74.4 Å². The van der Waals surface area contributed by atoms with Crippen LogP contribution in [0.4, 0.5) is 0 Å². The molecule has 4 rings (SSSR count). The molecule has 0 radical (unpaired) electrons. The van der Waals surface area contributed by atoms with Crippen molar-refractivity contribution < 1.29 is 14.3 Å². The second kappa shape index (κ2) is 11.3. The molecule has 2 aliphatic rings. The van der Waals surface area contributed by atoms with Crippen LogP contribution < -0.4 is 9.47 Å². The molecule has 0 N–H and O–H groups in total. The number of likely N-dealkylation sites (N-methyl/N-ethyl adjacent to an activating group) is 1. The molecule has 1 fully saturated rings. The lowest BCUT2D eigenvalue weighted by Gasteiger charge is -2.44. The lowest BCUT2D eigenvalue weighted by atomic mass is 9.73. The predicted molar refractivity (Wildman–Crippen MR) is 132 cm³/mol. The van der Waals surface area contributed by atoms with Gasteiger partial charge in [-0.3, -0.25) is 4.79 Å². The van der Waals surface area contributed by atoms with Gasteiger partial charge < -0.3 is 19.3 Å². The van der Waals surface area contributed by atoms with E-state index in [1.54, 1.807) is 12.1 Å². The highest BCUT2D eigenvalue weighted by Gasteiger charge is 2.36. The average Bonchev–Trinajstić information content (AvgIpc) is 2.81. The van der Waals surface area contributed by atoms with Gasteiger partial charge in [-0.1, -0.05) is 42.3 Å². The Kier molecular flexibility index (Phi) is 8.15. The third-order valence-corrected chi connectivity index (χ3v) is 7.28. The van der Waals surface area contributed by atoms with E-state index in [0.717, 1.165) is 51.2 Å². The number of piperidine rings is 1. The third kappa shape index (κ3) is 6.64. The Morgan fingerprint density at radius 2 is 1.88 bits per heavy atom. The molecule has 2 heterocycles. The number of hydrogen-bond acceptors (Lipinski definition) is 4. The highest BCUT2D eigenvalue weighted by atomic mass is 35.5. The molecule has 178 valence electrons. The second-order valence-electron chi connectivity index (χ2n) is 9.53. The van der Waals surface area contributed by atoms with E-state index < -0.39 is 0 Å². The Labute approximate surface area is 202 Å². The minimum atomic E-state index is 0.0522. The molecular weight excluding hydrogens is 436 g/mol. The van der Waals surface area contributed by atoms with Crippen LogP contribution in [0.15, 0.2) is 48.5 Å². The van der Waals surface area contributed by atoms with E-state index in [9.17, 15) is 4.79 Å². The molecule has 0 aromatic heterocycles. The molecule has 1 spiro atoms. The van der Waals surface area contributed by atoms with Crippen molar-refractivity contribution in [3.63, 3.8) is 0 Å². The van der Waals surface area contributed by atoms with Crippen LogP contribution in [-0.4, -0.2) is 62.1 Å². The number of nitrogens with zero attached hydrogens (tertiary/aromatic N) is 2. The molecule has 2 aromatic carbocycles. The fraction of sp³-hybridized carbons (Fsp3) is 0.519.